The van der Waals surface area contributed by atoms with Crippen LogP contribution in [0.2, 0.25) is 0 Å². The van der Waals surface area contributed by atoms with Crippen LogP contribution in [0.5, 0.6) is 5.75 Å². The molecule has 2 aromatic carbocycles. The molecule has 0 unspecified atom stereocenters. The summed E-state index contributed by atoms with van der Waals surface area (Å²) in [6.07, 6.45) is 2.14. The molecule has 2 amide bonds. The summed E-state index contributed by atoms with van der Waals surface area (Å²) in [5.41, 5.74) is 1.30. The van der Waals surface area contributed by atoms with E-state index < -0.39 is 0 Å². The summed E-state index contributed by atoms with van der Waals surface area (Å²) in [6, 6.07) is 14.5. The second kappa shape index (κ2) is 8.33. The van der Waals surface area contributed by atoms with Gasteiger partial charge in [-0.05, 0) is 84.0 Å². The molecule has 0 bridgehead atoms. The molecule has 6 heteroatoms. The third-order valence-corrected chi connectivity index (χ3v) is 4.71. The molecule has 1 aliphatic rings. The lowest BCUT2D eigenvalue weighted by Gasteiger charge is -2.15. The minimum atomic E-state index is -0.239. The molecule has 1 N–H and O–H groups in total. The second-order valence-electron chi connectivity index (χ2n) is 5.87. The topological polar surface area (TPSA) is 58.6 Å². The van der Waals surface area contributed by atoms with E-state index in [1.54, 1.807) is 24.3 Å². The molecule has 1 saturated heterocycles. The van der Waals surface area contributed by atoms with E-state index in [1.807, 2.05) is 29.2 Å². The van der Waals surface area contributed by atoms with Gasteiger partial charge in [0.2, 0.25) is 0 Å². The van der Waals surface area contributed by atoms with Gasteiger partial charge in [-0.25, -0.2) is 0 Å². The van der Waals surface area contributed by atoms with Crippen molar-refractivity contribution in [3.05, 3.63) is 57.7 Å². The zero-order valence-corrected chi connectivity index (χ0v) is 15.9. The van der Waals surface area contributed by atoms with Crippen LogP contribution in [0.3, 0.4) is 0 Å². The summed E-state index contributed by atoms with van der Waals surface area (Å²) >= 11 is 2.21. The molecule has 0 aliphatic carbocycles. The van der Waals surface area contributed by atoms with Gasteiger partial charge in [-0.15, -0.1) is 0 Å². The fraction of sp³-hybridized carbons (Fsp3) is 0.263. The fourth-order valence-corrected chi connectivity index (χ4v) is 3.04. The number of likely N-dealkylation sites (tertiary alicyclic amines) is 1. The number of benzene rings is 2. The van der Waals surface area contributed by atoms with Gasteiger partial charge in [-0.3, -0.25) is 9.59 Å². The maximum Gasteiger partial charge on any atom is 0.262 e. The lowest BCUT2D eigenvalue weighted by atomic mass is 10.2. The SMILES string of the molecule is O=C(COc1ccc(I)cc1)Nc1ccc(C(=O)N2CCCC2)cc1. The van der Waals surface area contributed by atoms with Crippen molar-refractivity contribution < 1.29 is 14.3 Å². The number of ether oxygens (including phenoxy) is 1. The molecule has 1 aliphatic heterocycles. The third kappa shape index (κ3) is 4.94. The van der Waals surface area contributed by atoms with Crippen LogP contribution in [-0.4, -0.2) is 36.4 Å². The van der Waals surface area contributed by atoms with Gasteiger partial charge in [0.05, 0.1) is 0 Å². The van der Waals surface area contributed by atoms with Crippen molar-refractivity contribution in [1.82, 2.24) is 4.90 Å². The summed E-state index contributed by atoms with van der Waals surface area (Å²) < 4.78 is 6.56. The highest BCUT2D eigenvalue weighted by atomic mass is 127. The van der Waals surface area contributed by atoms with Gasteiger partial charge < -0.3 is 15.0 Å². The predicted molar refractivity (Wildman–Crippen MR) is 105 cm³/mol. The van der Waals surface area contributed by atoms with E-state index in [0.29, 0.717) is 17.0 Å². The number of halogens is 1. The van der Waals surface area contributed by atoms with Crippen LogP contribution in [-0.2, 0) is 4.79 Å². The van der Waals surface area contributed by atoms with E-state index in [2.05, 4.69) is 27.9 Å². The summed E-state index contributed by atoms with van der Waals surface area (Å²) in [5.74, 6) is 0.469. The molecule has 25 heavy (non-hydrogen) atoms. The molecule has 0 aromatic heterocycles. The van der Waals surface area contributed by atoms with Crippen molar-refractivity contribution in [2.75, 3.05) is 25.0 Å². The van der Waals surface area contributed by atoms with Crippen molar-refractivity contribution in [3.63, 3.8) is 0 Å². The van der Waals surface area contributed by atoms with E-state index in [0.717, 1.165) is 29.5 Å². The fourth-order valence-electron chi connectivity index (χ4n) is 2.68. The lowest BCUT2D eigenvalue weighted by molar-refractivity contribution is -0.118. The molecule has 1 fully saturated rings. The lowest BCUT2D eigenvalue weighted by Crippen LogP contribution is -2.27. The van der Waals surface area contributed by atoms with Gasteiger partial charge >= 0.3 is 0 Å². The third-order valence-electron chi connectivity index (χ3n) is 3.99. The monoisotopic (exact) mass is 450 g/mol. The number of hydrogen-bond donors (Lipinski definition) is 1. The molecule has 130 valence electrons. The van der Waals surface area contributed by atoms with E-state index in [9.17, 15) is 9.59 Å². The number of anilines is 1. The first-order valence-electron chi connectivity index (χ1n) is 8.19. The molecule has 2 aromatic rings. The van der Waals surface area contributed by atoms with Crippen molar-refractivity contribution in [2.24, 2.45) is 0 Å². The van der Waals surface area contributed by atoms with Crippen LogP contribution >= 0.6 is 22.6 Å². The molecular formula is C19H19IN2O3. The van der Waals surface area contributed by atoms with Crippen molar-refractivity contribution in [2.45, 2.75) is 12.8 Å². The zero-order chi connectivity index (χ0) is 17.6. The Balaban J connectivity index is 1.51. The molecular weight excluding hydrogens is 431 g/mol. The van der Waals surface area contributed by atoms with E-state index in [4.69, 9.17) is 4.74 Å². The Kier molecular flexibility index (Phi) is 5.91. The molecule has 0 saturated carbocycles. The maximum atomic E-state index is 12.3. The Hall–Kier alpha value is -2.09. The van der Waals surface area contributed by atoms with Crippen LogP contribution in [0, 0.1) is 3.57 Å². The number of carbonyl (C=O) groups is 2. The standard InChI is InChI=1S/C19H19IN2O3/c20-15-5-9-17(10-6-15)25-13-18(23)21-16-7-3-14(4-8-16)19(24)22-11-1-2-12-22/h3-10H,1-2,11-13H2,(H,21,23). The predicted octanol–water partition coefficient (Wildman–Crippen LogP) is 3.54. The van der Waals surface area contributed by atoms with Crippen molar-refractivity contribution in [1.29, 1.82) is 0 Å². The number of carbonyl (C=O) groups excluding carboxylic acids is 2. The van der Waals surface area contributed by atoms with Gasteiger partial charge in [0.1, 0.15) is 5.75 Å². The van der Waals surface area contributed by atoms with Gasteiger partial charge in [-0.2, -0.15) is 0 Å². The Morgan fingerprint density at radius 3 is 2.28 bits per heavy atom. The maximum absolute atomic E-state index is 12.3. The minimum Gasteiger partial charge on any atom is -0.484 e. The summed E-state index contributed by atoms with van der Waals surface area (Å²) in [4.78, 5) is 26.1. The first-order valence-corrected chi connectivity index (χ1v) is 9.27. The van der Waals surface area contributed by atoms with Crippen LogP contribution < -0.4 is 10.1 Å². The first kappa shape index (κ1) is 17.7. The Morgan fingerprint density at radius 1 is 1.00 bits per heavy atom. The quantitative estimate of drug-likeness (QED) is 0.710. The zero-order valence-electron chi connectivity index (χ0n) is 13.7. The smallest absolute Gasteiger partial charge is 0.262 e. The average molecular weight is 450 g/mol. The molecule has 5 nitrogen and oxygen atoms in total. The van der Waals surface area contributed by atoms with Crippen LogP contribution in [0.25, 0.3) is 0 Å². The van der Waals surface area contributed by atoms with Crippen LogP contribution in [0.15, 0.2) is 48.5 Å². The normalized spacial score (nSPS) is 13.6. The van der Waals surface area contributed by atoms with E-state index in [1.165, 1.54) is 0 Å². The highest BCUT2D eigenvalue weighted by Gasteiger charge is 2.19. The van der Waals surface area contributed by atoms with Gasteiger partial charge in [0.15, 0.2) is 6.61 Å². The highest BCUT2D eigenvalue weighted by Crippen LogP contribution is 2.16. The Morgan fingerprint density at radius 2 is 1.64 bits per heavy atom. The number of hydrogen-bond acceptors (Lipinski definition) is 3. The number of nitrogens with one attached hydrogen (secondary N) is 1. The Labute approximate surface area is 160 Å². The number of rotatable bonds is 5. The van der Waals surface area contributed by atoms with Crippen molar-refractivity contribution >= 4 is 40.1 Å². The second-order valence-corrected chi connectivity index (χ2v) is 7.11. The molecule has 0 radical (unpaired) electrons. The van der Waals surface area contributed by atoms with Crippen molar-refractivity contribution in [3.8, 4) is 5.75 Å². The van der Waals surface area contributed by atoms with E-state index in [-0.39, 0.29) is 18.4 Å². The molecule has 0 atom stereocenters. The first-order chi connectivity index (χ1) is 12.1. The minimum absolute atomic E-state index is 0.0532. The summed E-state index contributed by atoms with van der Waals surface area (Å²) in [7, 11) is 0. The van der Waals surface area contributed by atoms with Gasteiger partial charge in [-0.1, -0.05) is 0 Å². The van der Waals surface area contributed by atoms with Crippen LogP contribution in [0.4, 0.5) is 5.69 Å². The van der Waals surface area contributed by atoms with E-state index >= 15 is 0 Å². The van der Waals surface area contributed by atoms with Gasteiger partial charge in [0, 0.05) is 27.9 Å². The number of nitrogens with zero attached hydrogens (tertiary/aromatic N) is 1. The molecule has 0 spiro atoms. The largest absolute Gasteiger partial charge is 0.484 e. The molecule has 1 heterocycles. The summed E-state index contributed by atoms with van der Waals surface area (Å²) in [6.45, 7) is 1.59. The average Bonchev–Trinajstić information content (AvgIpc) is 3.16. The summed E-state index contributed by atoms with van der Waals surface area (Å²) in [5, 5.41) is 2.77. The number of amides is 2. The molecule has 3 rings (SSSR count). The van der Waals surface area contributed by atoms with Crippen LogP contribution in [0.1, 0.15) is 23.2 Å². The highest BCUT2D eigenvalue weighted by molar-refractivity contribution is 14.1. The Bertz CT molecular complexity index is 738. The van der Waals surface area contributed by atoms with Gasteiger partial charge in [0.25, 0.3) is 11.8 Å².